The van der Waals surface area contributed by atoms with Crippen LogP contribution in [0, 0.1) is 5.92 Å². The van der Waals surface area contributed by atoms with Crippen LogP contribution < -0.4 is 10.7 Å². The van der Waals surface area contributed by atoms with Crippen LogP contribution in [0.1, 0.15) is 66.1 Å². The summed E-state index contributed by atoms with van der Waals surface area (Å²) in [6, 6.07) is 7.75. The third-order valence-corrected chi connectivity index (χ3v) is 6.31. The van der Waals surface area contributed by atoms with Crippen LogP contribution in [-0.2, 0) is 20.1 Å². The molecule has 34 heavy (non-hydrogen) atoms. The summed E-state index contributed by atoms with van der Waals surface area (Å²) in [5.74, 6) is 0.197. The monoisotopic (exact) mass is 463 g/mol. The zero-order valence-electron chi connectivity index (χ0n) is 20.2. The second-order valence-corrected chi connectivity index (χ2v) is 9.47. The van der Waals surface area contributed by atoms with Crippen LogP contribution in [0.2, 0.25) is 0 Å². The van der Waals surface area contributed by atoms with Crippen LogP contribution >= 0.6 is 0 Å². The first-order valence-electron chi connectivity index (χ1n) is 12.1. The van der Waals surface area contributed by atoms with E-state index in [0.717, 1.165) is 36.7 Å². The minimum Gasteiger partial charge on any atom is -0.352 e. The third kappa shape index (κ3) is 5.05. The van der Waals surface area contributed by atoms with E-state index in [4.69, 9.17) is 0 Å². The molecule has 1 aromatic carbocycles. The van der Waals surface area contributed by atoms with Gasteiger partial charge in [-0.05, 0) is 30.9 Å². The second-order valence-electron chi connectivity index (χ2n) is 9.47. The van der Waals surface area contributed by atoms with Gasteiger partial charge in [-0.3, -0.25) is 14.4 Å². The van der Waals surface area contributed by atoms with Crippen molar-refractivity contribution < 1.29 is 9.59 Å². The van der Waals surface area contributed by atoms with Crippen LogP contribution in [-0.4, -0.2) is 43.9 Å². The van der Waals surface area contributed by atoms with Crippen LogP contribution in [0.5, 0.6) is 0 Å². The number of amides is 2. The Morgan fingerprint density at radius 2 is 1.71 bits per heavy atom. The van der Waals surface area contributed by atoms with Crippen molar-refractivity contribution in [1.82, 2.24) is 24.3 Å². The van der Waals surface area contributed by atoms with Gasteiger partial charge in [0.25, 0.3) is 11.8 Å². The van der Waals surface area contributed by atoms with Crippen molar-refractivity contribution >= 4 is 22.8 Å². The number of para-hydroxylation sites is 2. The van der Waals surface area contributed by atoms with Crippen LogP contribution in [0.15, 0.2) is 41.5 Å². The lowest BCUT2D eigenvalue weighted by Gasteiger charge is -2.21. The van der Waals surface area contributed by atoms with E-state index in [0.29, 0.717) is 31.4 Å². The summed E-state index contributed by atoms with van der Waals surface area (Å²) < 4.78 is 3.72. The van der Waals surface area contributed by atoms with Gasteiger partial charge < -0.3 is 19.4 Å². The number of nitrogens with zero attached hydrogens (tertiary/aromatic N) is 4. The van der Waals surface area contributed by atoms with E-state index < -0.39 is 11.3 Å². The lowest BCUT2D eigenvalue weighted by Crippen LogP contribution is -2.38. The largest absolute Gasteiger partial charge is 0.352 e. The zero-order chi connectivity index (χ0) is 24.2. The zero-order valence-corrected chi connectivity index (χ0v) is 20.2. The highest BCUT2D eigenvalue weighted by Crippen LogP contribution is 2.15. The predicted molar refractivity (Wildman–Crippen MR) is 132 cm³/mol. The number of pyridine rings is 1. The summed E-state index contributed by atoms with van der Waals surface area (Å²) in [5.41, 5.74) is 1.35. The van der Waals surface area contributed by atoms with E-state index >= 15 is 0 Å². The number of imidazole rings is 1. The van der Waals surface area contributed by atoms with E-state index in [9.17, 15) is 14.4 Å². The van der Waals surface area contributed by atoms with E-state index in [1.54, 1.807) is 21.9 Å². The molecule has 0 spiro atoms. The highest BCUT2D eigenvalue weighted by atomic mass is 16.2. The standard InChI is InChI=1S/C26H33N5O3/c1-18(2)15-30-16-19(24(32)20(17-30)26(34)31-12-8-4-5-9-13-31)25(33)27-14-23-28-21-10-6-7-11-22(21)29(23)3/h6-7,10-11,16-18H,4-5,8-9,12-15H2,1-3H3,(H,27,33). The smallest absolute Gasteiger partial charge is 0.259 e. The number of aromatic nitrogens is 3. The lowest BCUT2D eigenvalue weighted by atomic mass is 10.1. The molecule has 1 fully saturated rings. The number of aryl methyl sites for hydroxylation is 1. The number of nitrogens with one attached hydrogen (secondary N) is 1. The molecule has 3 heterocycles. The van der Waals surface area contributed by atoms with Crippen LogP contribution in [0.25, 0.3) is 11.0 Å². The molecule has 0 radical (unpaired) electrons. The van der Waals surface area contributed by atoms with Crippen molar-refractivity contribution in [3.8, 4) is 0 Å². The maximum Gasteiger partial charge on any atom is 0.259 e. The fraction of sp³-hybridized carbons (Fsp3) is 0.462. The first-order valence-corrected chi connectivity index (χ1v) is 12.1. The van der Waals surface area contributed by atoms with Gasteiger partial charge in [-0.25, -0.2) is 4.98 Å². The molecule has 1 aliphatic rings. The Bertz CT molecular complexity index is 1250. The Morgan fingerprint density at radius 3 is 2.38 bits per heavy atom. The molecule has 4 rings (SSSR count). The first kappa shape index (κ1) is 23.7. The molecule has 8 heteroatoms. The summed E-state index contributed by atoms with van der Waals surface area (Å²) in [7, 11) is 1.90. The third-order valence-electron chi connectivity index (χ3n) is 6.31. The normalized spacial score (nSPS) is 14.4. The molecular formula is C26H33N5O3. The quantitative estimate of drug-likeness (QED) is 0.607. The Labute approximate surface area is 199 Å². The number of benzene rings is 1. The molecular weight excluding hydrogens is 430 g/mol. The highest BCUT2D eigenvalue weighted by Gasteiger charge is 2.24. The SMILES string of the molecule is CC(C)Cn1cc(C(=O)NCc2nc3ccccc3n2C)c(=O)c(C(=O)N2CCCCCC2)c1. The second kappa shape index (κ2) is 10.2. The summed E-state index contributed by atoms with van der Waals surface area (Å²) >= 11 is 0. The Kier molecular flexibility index (Phi) is 7.14. The maximum atomic E-state index is 13.3. The minimum absolute atomic E-state index is 0.0138. The molecule has 180 valence electrons. The summed E-state index contributed by atoms with van der Waals surface area (Å²) in [6.07, 6.45) is 7.22. The van der Waals surface area contributed by atoms with Gasteiger partial charge >= 0.3 is 0 Å². The first-order chi connectivity index (χ1) is 16.3. The molecule has 1 N–H and O–H groups in total. The van der Waals surface area contributed by atoms with Crippen molar-refractivity contribution in [3.63, 3.8) is 0 Å². The molecule has 1 aliphatic heterocycles. The number of rotatable bonds is 6. The van der Waals surface area contributed by atoms with Gasteiger partial charge in [0, 0.05) is 39.1 Å². The summed E-state index contributed by atoms with van der Waals surface area (Å²) in [5, 5.41) is 2.83. The Balaban J connectivity index is 1.61. The molecule has 2 aromatic heterocycles. The van der Waals surface area contributed by atoms with Gasteiger partial charge in [-0.1, -0.05) is 38.8 Å². The molecule has 0 saturated carbocycles. The summed E-state index contributed by atoms with van der Waals surface area (Å²) in [6.45, 7) is 6.18. The predicted octanol–water partition coefficient (Wildman–Crippen LogP) is 3.34. The fourth-order valence-electron chi connectivity index (χ4n) is 4.52. The van der Waals surface area contributed by atoms with Crippen molar-refractivity contribution in [2.75, 3.05) is 13.1 Å². The molecule has 8 nitrogen and oxygen atoms in total. The Morgan fingerprint density at radius 1 is 1.03 bits per heavy atom. The number of carbonyl (C=O) groups is 2. The highest BCUT2D eigenvalue weighted by molar-refractivity contribution is 5.99. The average Bonchev–Trinajstić information content (AvgIpc) is 2.97. The van der Waals surface area contributed by atoms with Crippen molar-refractivity contribution in [2.24, 2.45) is 13.0 Å². The molecule has 0 unspecified atom stereocenters. The number of carbonyl (C=O) groups excluding carboxylic acids is 2. The van der Waals surface area contributed by atoms with Gasteiger partial charge in [-0.2, -0.15) is 0 Å². The van der Waals surface area contributed by atoms with Gasteiger partial charge in [0.05, 0.1) is 17.6 Å². The number of hydrogen-bond acceptors (Lipinski definition) is 4. The van der Waals surface area contributed by atoms with Crippen molar-refractivity contribution in [2.45, 2.75) is 52.6 Å². The van der Waals surface area contributed by atoms with Gasteiger partial charge in [0.1, 0.15) is 17.0 Å². The molecule has 0 aliphatic carbocycles. The number of hydrogen-bond donors (Lipinski definition) is 1. The van der Waals surface area contributed by atoms with Crippen molar-refractivity contribution in [1.29, 1.82) is 0 Å². The van der Waals surface area contributed by atoms with Gasteiger partial charge in [0.2, 0.25) is 5.43 Å². The van der Waals surface area contributed by atoms with Crippen LogP contribution in [0.3, 0.4) is 0 Å². The van der Waals surface area contributed by atoms with Crippen molar-refractivity contribution in [3.05, 3.63) is 63.8 Å². The maximum absolute atomic E-state index is 13.3. The molecule has 1 saturated heterocycles. The van der Waals surface area contributed by atoms with Gasteiger partial charge in [-0.15, -0.1) is 0 Å². The molecule has 0 atom stereocenters. The van der Waals surface area contributed by atoms with Gasteiger partial charge in [0.15, 0.2) is 0 Å². The number of likely N-dealkylation sites (tertiary alicyclic amines) is 1. The molecule has 3 aromatic rings. The summed E-state index contributed by atoms with van der Waals surface area (Å²) in [4.78, 5) is 46.0. The van der Waals surface area contributed by atoms with E-state index in [2.05, 4.69) is 24.1 Å². The van der Waals surface area contributed by atoms with E-state index in [-0.39, 0.29) is 23.6 Å². The lowest BCUT2D eigenvalue weighted by molar-refractivity contribution is 0.0759. The van der Waals surface area contributed by atoms with E-state index in [1.165, 1.54) is 0 Å². The number of fused-ring (bicyclic) bond motifs is 1. The Hall–Kier alpha value is -3.42. The minimum atomic E-state index is -0.517. The van der Waals surface area contributed by atoms with E-state index in [1.807, 2.05) is 35.9 Å². The average molecular weight is 464 g/mol. The molecule has 0 bridgehead atoms. The molecule has 2 amide bonds. The van der Waals surface area contributed by atoms with Crippen LogP contribution in [0.4, 0.5) is 0 Å². The fourth-order valence-corrected chi connectivity index (χ4v) is 4.52. The topological polar surface area (TPSA) is 89.2 Å².